The van der Waals surface area contributed by atoms with Gasteiger partial charge in [-0.1, -0.05) is 45.9 Å². The number of hydrogen-bond donors (Lipinski definition) is 0. The smallest absolute Gasteiger partial charge is 0.355 e. The number of aryl methyl sites for hydroxylation is 1. The summed E-state index contributed by atoms with van der Waals surface area (Å²) in [5, 5.41) is 0. The minimum absolute atomic E-state index is 0.132. The number of nitrogens with zero attached hydrogens (tertiary/aromatic N) is 1. The Kier molecular flexibility index (Phi) is 6.37. The van der Waals surface area contributed by atoms with Crippen molar-refractivity contribution in [1.29, 1.82) is 0 Å². The first-order valence-corrected chi connectivity index (χ1v) is 9.13. The minimum atomic E-state index is -0.622. The van der Waals surface area contributed by atoms with Crippen LogP contribution in [0.4, 0.5) is 0 Å². The first kappa shape index (κ1) is 20.6. The van der Waals surface area contributed by atoms with Crippen LogP contribution in [0.2, 0.25) is 0 Å². The second-order valence-corrected chi connectivity index (χ2v) is 7.44. The third kappa shape index (κ3) is 4.73. The van der Waals surface area contributed by atoms with E-state index in [1.54, 1.807) is 13.2 Å². The Hall–Kier alpha value is -2.69. The normalized spacial score (nSPS) is 11.1. The van der Waals surface area contributed by atoms with Gasteiger partial charge in [0.25, 0.3) is 0 Å². The molecule has 0 aliphatic carbocycles. The van der Waals surface area contributed by atoms with Gasteiger partial charge < -0.3 is 9.30 Å². The molecule has 27 heavy (non-hydrogen) atoms. The molecular formula is C22H27NO4. The van der Waals surface area contributed by atoms with Crippen LogP contribution in [0.3, 0.4) is 0 Å². The molecule has 0 fully saturated rings. The maximum Gasteiger partial charge on any atom is 0.355 e. The summed E-state index contributed by atoms with van der Waals surface area (Å²) >= 11 is 0. The number of Topliss-reactive ketones (excluding diaryl/α,β-unsaturated/α-hetero) is 2. The topological polar surface area (TPSA) is 65.4 Å². The van der Waals surface area contributed by atoms with Crippen LogP contribution in [-0.4, -0.2) is 28.7 Å². The molecule has 2 rings (SSSR count). The highest BCUT2D eigenvalue weighted by molar-refractivity contribution is 6.01. The van der Waals surface area contributed by atoms with Gasteiger partial charge in [-0.25, -0.2) is 4.79 Å². The SMILES string of the molecule is CC(=O)c1cc(C(=O)OCC(=O)c2ccc(C(C)C)cc2C(C)C)n(C)c1. The fourth-order valence-corrected chi connectivity index (χ4v) is 2.91. The van der Waals surface area contributed by atoms with Gasteiger partial charge in [0.1, 0.15) is 5.69 Å². The molecule has 0 radical (unpaired) electrons. The van der Waals surface area contributed by atoms with Gasteiger partial charge in [0.05, 0.1) is 0 Å². The van der Waals surface area contributed by atoms with Crippen LogP contribution in [0.5, 0.6) is 0 Å². The van der Waals surface area contributed by atoms with Crippen LogP contribution in [0, 0.1) is 0 Å². The molecular weight excluding hydrogens is 342 g/mol. The fourth-order valence-electron chi connectivity index (χ4n) is 2.91. The first-order valence-electron chi connectivity index (χ1n) is 9.13. The number of benzene rings is 1. The third-order valence-electron chi connectivity index (χ3n) is 4.62. The van der Waals surface area contributed by atoms with E-state index >= 15 is 0 Å². The Balaban J connectivity index is 2.16. The van der Waals surface area contributed by atoms with Crippen molar-refractivity contribution in [2.24, 2.45) is 7.05 Å². The lowest BCUT2D eigenvalue weighted by Crippen LogP contribution is -2.17. The summed E-state index contributed by atoms with van der Waals surface area (Å²) in [4.78, 5) is 36.4. The fraction of sp³-hybridized carbons (Fsp3) is 0.409. The number of carbonyl (C=O) groups excluding carboxylic acids is 3. The lowest BCUT2D eigenvalue weighted by molar-refractivity contribution is 0.0465. The van der Waals surface area contributed by atoms with E-state index in [4.69, 9.17) is 4.74 Å². The summed E-state index contributed by atoms with van der Waals surface area (Å²) in [6.07, 6.45) is 1.57. The largest absolute Gasteiger partial charge is 0.453 e. The standard InChI is InChI=1S/C22H27NO4/c1-13(2)16-7-8-18(19(9-16)14(3)4)21(25)12-27-22(26)20-10-17(15(5)24)11-23(20)6/h7-11,13-14H,12H2,1-6H3. The van der Waals surface area contributed by atoms with Crippen LogP contribution < -0.4 is 0 Å². The molecule has 0 spiro atoms. The van der Waals surface area contributed by atoms with Crippen molar-refractivity contribution in [3.05, 3.63) is 58.4 Å². The van der Waals surface area contributed by atoms with Gasteiger partial charge in [-0.05, 0) is 36.0 Å². The summed E-state index contributed by atoms with van der Waals surface area (Å²) < 4.78 is 6.74. The number of ether oxygens (including phenoxy) is 1. The molecule has 5 nitrogen and oxygen atoms in total. The first-order chi connectivity index (χ1) is 12.6. The van der Waals surface area contributed by atoms with Gasteiger partial charge >= 0.3 is 5.97 Å². The average molecular weight is 369 g/mol. The second kappa shape index (κ2) is 8.33. The average Bonchev–Trinajstić information content (AvgIpc) is 3.00. The van der Waals surface area contributed by atoms with Gasteiger partial charge in [-0.3, -0.25) is 9.59 Å². The van der Waals surface area contributed by atoms with Crippen LogP contribution >= 0.6 is 0 Å². The zero-order valence-corrected chi connectivity index (χ0v) is 16.8. The number of hydrogen-bond acceptors (Lipinski definition) is 4. The Morgan fingerprint density at radius 3 is 2.22 bits per heavy atom. The van der Waals surface area contributed by atoms with E-state index in [2.05, 4.69) is 19.9 Å². The lowest BCUT2D eigenvalue weighted by atomic mass is 9.90. The van der Waals surface area contributed by atoms with E-state index in [-0.39, 0.29) is 29.8 Å². The predicted molar refractivity (Wildman–Crippen MR) is 105 cm³/mol. The Labute approximate surface area is 160 Å². The predicted octanol–water partition coefficient (Wildman–Crippen LogP) is 4.51. The molecule has 1 aromatic heterocycles. The van der Waals surface area contributed by atoms with Crippen molar-refractivity contribution < 1.29 is 19.1 Å². The molecule has 0 atom stereocenters. The number of carbonyl (C=O) groups is 3. The molecule has 0 aliphatic heterocycles. The highest BCUT2D eigenvalue weighted by atomic mass is 16.5. The molecule has 144 valence electrons. The molecule has 0 bridgehead atoms. The van der Waals surface area contributed by atoms with E-state index in [1.165, 1.54) is 23.1 Å². The summed E-state index contributed by atoms with van der Waals surface area (Å²) in [5.41, 5.74) is 3.39. The van der Waals surface area contributed by atoms with Gasteiger partial charge in [0, 0.05) is 24.4 Å². The summed E-state index contributed by atoms with van der Waals surface area (Å²) in [6.45, 7) is 9.39. The van der Waals surface area contributed by atoms with Gasteiger partial charge in [0.15, 0.2) is 12.4 Å². The van der Waals surface area contributed by atoms with E-state index < -0.39 is 5.97 Å². The van der Waals surface area contributed by atoms with E-state index in [9.17, 15) is 14.4 Å². The summed E-state index contributed by atoms with van der Waals surface area (Å²) in [6, 6.07) is 7.30. The van der Waals surface area contributed by atoms with Crippen LogP contribution in [0.25, 0.3) is 0 Å². The third-order valence-corrected chi connectivity index (χ3v) is 4.62. The maximum absolute atomic E-state index is 12.6. The minimum Gasteiger partial charge on any atom is -0.453 e. The van der Waals surface area contributed by atoms with Gasteiger partial charge in [0.2, 0.25) is 5.78 Å². The number of ketones is 2. The highest BCUT2D eigenvalue weighted by Crippen LogP contribution is 2.25. The molecule has 1 aromatic carbocycles. The Morgan fingerprint density at radius 1 is 1.04 bits per heavy atom. The number of esters is 1. The van der Waals surface area contributed by atoms with Crippen molar-refractivity contribution in [1.82, 2.24) is 4.57 Å². The van der Waals surface area contributed by atoms with Crippen molar-refractivity contribution in [2.75, 3.05) is 6.61 Å². The quantitative estimate of drug-likeness (QED) is 0.532. The van der Waals surface area contributed by atoms with Gasteiger partial charge in [-0.2, -0.15) is 0 Å². The lowest BCUT2D eigenvalue weighted by Gasteiger charge is -2.15. The highest BCUT2D eigenvalue weighted by Gasteiger charge is 2.19. The number of aromatic nitrogens is 1. The zero-order chi connectivity index (χ0) is 20.3. The molecule has 0 saturated heterocycles. The van der Waals surface area contributed by atoms with Crippen molar-refractivity contribution in [3.8, 4) is 0 Å². The van der Waals surface area contributed by atoms with Crippen molar-refractivity contribution >= 4 is 17.5 Å². The molecule has 0 aliphatic rings. The van der Waals surface area contributed by atoms with E-state index in [0.29, 0.717) is 17.0 Å². The Morgan fingerprint density at radius 2 is 1.70 bits per heavy atom. The van der Waals surface area contributed by atoms with E-state index in [1.807, 2.05) is 26.0 Å². The zero-order valence-electron chi connectivity index (χ0n) is 16.8. The molecule has 2 aromatic rings. The van der Waals surface area contributed by atoms with Crippen LogP contribution in [0.15, 0.2) is 30.5 Å². The van der Waals surface area contributed by atoms with Crippen molar-refractivity contribution in [3.63, 3.8) is 0 Å². The molecule has 0 saturated carbocycles. The van der Waals surface area contributed by atoms with Gasteiger partial charge in [-0.15, -0.1) is 0 Å². The van der Waals surface area contributed by atoms with E-state index in [0.717, 1.165) is 5.56 Å². The van der Waals surface area contributed by atoms with Crippen LogP contribution in [-0.2, 0) is 11.8 Å². The van der Waals surface area contributed by atoms with Crippen molar-refractivity contribution in [2.45, 2.75) is 46.5 Å². The Bertz CT molecular complexity index is 874. The second-order valence-electron chi connectivity index (χ2n) is 7.44. The molecule has 0 amide bonds. The molecule has 1 heterocycles. The molecule has 0 unspecified atom stereocenters. The molecule has 5 heteroatoms. The monoisotopic (exact) mass is 369 g/mol. The molecule has 0 N–H and O–H groups in total. The number of rotatable bonds is 7. The summed E-state index contributed by atoms with van der Waals surface area (Å²) in [5.74, 6) is -0.430. The summed E-state index contributed by atoms with van der Waals surface area (Å²) in [7, 11) is 1.66. The van der Waals surface area contributed by atoms with Crippen LogP contribution in [0.1, 0.15) is 88.8 Å². The maximum atomic E-state index is 12.6.